The third-order valence-electron chi connectivity index (χ3n) is 5.47. The van der Waals surface area contributed by atoms with Crippen LogP contribution in [0.1, 0.15) is 47.9 Å². The molecule has 1 saturated carbocycles. The molecule has 4 heteroatoms. The van der Waals surface area contributed by atoms with E-state index in [0.717, 1.165) is 23.1 Å². The molecule has 1 fully saturated rings. The molecule has 3 nitrogen and oxygen atoms in total. The van der Waals surface area contributed by atoms with E-state index in [1.807, 2.05) is 12.1 Å². The number of methoxy groups -OCH3 is 1. The summed E-state index contributed by atoms with van der Waals surface area (Å²) in [4.78, 5) is 2.36. The fourth-order valence-electron chi connectivity index (χ4n) is 4.16. The normalized spacial score (nSPS) is 14.2. The van der Waals surface area contributed by atoms with Crippen LogP contribution in [0.15, 0.2) is 36.4 Å². The van der Waals surface area contributed by atoms with Crippen LogP contribution in [0, 0.1) is 20.8 Å². The van der Waals surface area contributed by atoms with E-state index >= 15 is 0 Å². The van der Waals surface area contributed by atoms with E-state index in [1.165, 1.54) is 47.9 Å². The maximum atomic E-state index is 5.90. The summed E-state index contributed by atoms with van der Waals surface area (Å²) in [6, 6.07) is 13.1. The number of anilines is 1. The summed E-state index contributed by atoms with van der Waals surface area (Å²) < 4.78 is 5.57. The zero-order chi connectivity index (χ0) is 19.4. The third-order valence-corrected chi connectivity index (χ3v) is 5.81. The summed E-state index contributed by atoms with van der Waals surface area (Å²) >= 11 is 5.90. The molecule has 27 heavy (non-hydrogen) atoms. The van der Waals surface area contributed by atoms with Crippen LogP contribution in [0.4, 0.5) is 5.69 Å². The van der Waals surface area contributed by atoms with Gasteiger partial charge in [-0.05, 0) is 63.0 Å². The second-order valence-corrected chi connectivity index (χ2v) is 7.97. The van der Waals surface area contributed by atoms with Crippen molar-refractivity contribution in [3.63, 3.8) is 0 Å². The molecule has 3 rings (SSSR count). The molecule has 0 heterocycles. The Kier molecular flexibility index (Phi) is 6.38. The van der Waals surface area contributed by atoms with Gasteiger partial charge in [-0.1, -0.05) is 48.7 Å². The number of nitrogens with one attached hydrogen (secondary N) is 1. The Balaban J connectivity index is 1.86. The maximum absolute atomic E-state index is 5.90. The number of hydrogen-bond donors (Lipinski definition) is 1. The largest absolute Gasteiger partial charge is 0.496 e. The lowest BCUT2D eigenvalue weighted by atomic mass is 10.1. The lowest BCUT2D eigenvalue weighted by Gasteiger charge is -2.33. The van der Waals surface area contributed by atoms with Crippen molar-refractivity contribution in [3.05, 3.63) is 58.7 Å². The minimum Gasteiger partial charge on any atom is -0.496 e. The van der Waals surface area contributed by atoms with Gasteiger partial charge in [0.1, 0.15) is 5.75 Å². The molecule has 1 N–H and O–H groups in total. The van der Waals surface area contributed by atoms with Crippen molar-refractivity contribution in [2.24, 2.45) is 0 Å². The molecular weight excluding hydrogens is 352 g/mol. The van der Waals surface area contributed by atoms with Gasteiger partial charge in [-0.25, -0.2) is 0 Å². The quantitative estimate of drug-likeness (QED) is 0.664. The summed E-state index contributed by atoms with van der Waals surface area (Å²) in [6.45, 7) is 7.19. The summed E-state index contributed by atoms with van der Waals surface area (Å²) in [6.07, 6.45) is 4.95. The SMILES string of the molecule is COc1ccccc1CN(C(=S)Nc1c(C)cc(C)cc1C)C1CCCC1. The molecule has 1 aliphatic carbocycles. The average Bonchev–Trinajstić information content (AvgIpc) is 3.17. The molecular formula is C23H30N2OS. The van der Waals surface area contributed by atoms with Gasteiger partial charge >= 0.3 is 0 Å². The number of hydrogen-bond acceptors (Lipinski definition) is 2. The number of benzene rings is 2. The van der Waals surface area contributed by atoms with Crippen LogP contribution in [-0.2, 0) is 6.54 Å². The Hall–Kier alpha value is -2.07. The van der Waals surface area contributed by atoms with Crippen LogP contribution in [-0.4, -0.2) is 23.2 Å². The summed E-state index contributed by atoms with van der Waals surface area (Å²) in [7, 11) is 1.73. The van der Waals surface area contributed by atoms with Gasteiger partial charge in [-0.15, -0.1) is 0 Å². The molecule has 0 spiro atoms. The minimum absolute atomic E-state index is 0.487. The Labute approximate surface area is 168 Å². The molecule has 0 bridgehead atoms. The molecule has 0 radical (unpaired) electrons. The van der Waals surface area contributed by atoms with E-state index < -0.39 is 0 Å². The van der Waals surface area contributed by atoms with Crippen molar-refractivity contribution in [1.82, 2.24) is 4.90 Å². The Morgan fingerprint density at radius 2 is 1.74 bits per heavy atom. The molecule has 2 aromatic rings. The average molecular weight is 383 g/mol. The van der Waals surface area contributed by atoms with E-state index in [9.17, 15) is 0 Å². The van der Waals surface area contributed by atoms with Gasteiger partial charge in [0.2, 0.25) is 0 Å². The molecule has 2 aromatic carbocycles. The van der Waals surface area contributed by atoms with Crippen molar-refractivity contribution in [1.29, 1.82) is 0 Å². The van der Waals surface area contributed by atoms with E-state index in [2.05, 4.69) is 55.3 Å². The Bertz CT molecular complexity index is 789. The van der Waals surface area contributed by atoms with Gasteiger partial charge in [0.25, 0.3) is 0 Å². The highest BCUT2D eigenvalue weighted by Crippen LogP contribution is 2.29. The number of nitrogens with zero attached hydrogens (tertiary/aromatic N) is 1. The number of aryl methyl sites for hydroxylation is 3. The van der Waals surface area contributed by atoms with Crippen LogP contribution in [0.3, 0.4) is 0 Å². The minimum atomic E-state index is 0.487. The van der Waals surface area contributed by atoms with Crippen LogP contribution < -0.4 is 10.1 Å². The molecule has 0 unspecified atom stereocenters. The summed E-state index contributed by atoms with van der Waals surface area (Å²) in [5, 5.41) is 4.37. The first-order valence-corrected chi connectivity index (χ1v) is 10.2. The monoisotopic (exact) mass is 382 g/mol. The topological polar surface area (TPSA) is 24.5 Å². The van der Waals surface area contributed by atoms with Gasteiger partial charge in [-0.3, -0.25) is 0 Å². The first-order chi connectivity index (χ1) is 13.0. The Morgan fingerprint density at radius 3 is 2.37 bits per heavy atom. The number of rotatable bonds is 5. The zero-order valence-corrected chi connectivity index (χ0v) is 17.7. The van der Waals surface area contributed by atoms with E-state index in [-0.39, 0.29) is 0 Å². The molecule has 0 aromatic heterocycles. The van der Waals surface area contributed by atoms with Crippen molar-refractivity contribution in [3.8, 4) is 5.75 Å². The van der Waals surface area contributed by atoms with Crippen LogP contribution in [0.2, 0.25) is 0 Å². The zero-order valence-electron chi connectivity index (χ0n) is 16.8. The smallest absolute Gasteiger partial charge is 0.173 e. The van der Waals surface area contributed by atoms with Crippen LogP contribution in [0.5, 0.6) is 5.75 Å². The second kappa shape index (κ2) is 8.75. The van der Waals surface area contributed by atoms with Gasteiger partial charge in [0, 0.05) is 23.8 Å². The molecule has 0 amide bonds. The highest BCUT2D eigenvalue weighted by Gasteiger charge is 2.26. The Morgan fingerprint density at radius 1 is 1.11 bits per heavy atom. The van der Waals surface area contributed by atoms with Crippen LogP contribution in [0.25, 0.3) is 0 Å². The van der Waals surface area contributed by atoms with Crippen molar-refractivity contribution >= 4 is 23.0 Å². The first kappa shape index (κ1) is 19.7. The molecule has 0 aliphatic heterocycles. The lowest BCUT2D eigenvalue weighted by Crippen LogP contribution is -2.41. The predicted molar refractivity (Wildman–Crippen MR) is 118 cm³/mol. The van der Waals surface area contributed by atoms with E-state index in [1.54, 1.807) is 7.11 Å². The van der Waals surface area contributed by atoms with Gasteiger partial charge in [0.15, 0.2) is 5.11 Å². The number of ether oxygens (including phenoxy) is 1. The highest BCUT2D eigenvalue weighted by atomic mass is 32.1. The van der Waals surface area contributed by atoms with Crippen molar-refractivity contribution in [2.45, 2.75) is 59.0 Å². The molecule has 144 valence electrons. The summed E-state index contributed by atoms with van der Waals surface area (Å²) in [5.74, 6) is 0.922. The van der Waals surface area contributed by atoms with Crippen molar-refractivity contribution < 1.29 is 4.74 Å². The molecule has 0 saturated heterocycles. The fraction of sp³-hybridized carbons (Fsp3) is 0.435. The highest BCUT2D eigenvalue weighted by molar-refractivity contribution is 7.80. The number of para-hydroxylation sites is 1. The standard InChI is InChI=1S/C23H30N2OS/c1-16-13-17(2)22(18(3)14-16)24-23(27)25(20-10-6-7-11-20)15-19-9-5-8-12-21(19)26-4/h5,8-9,12-14,20H,6-7,10-11,15H2,1-4H3,(H,24,27). The van der Waals surface area contributed by atoms with Crippen molar-refractivity contribution in [2.75, 3.05) is 12.4 Å². The summed E-state index contributed by atoms with van der Waals surface area (Å²) in [5.41, 5.74) is 6.06. The third kappa shape index (κ3) is 4.62. The molecule has 1 aliphatic rings. The number of thiocarbonyl (C=S) groups is 1. The maximum Gasteiger partial charge on any atom is 0.173 e. The van der Waals surface area contributed by atoms with Gasteiger partial charge < -0.3 is 15.0 Å². The fourth-order valence-corrected chi connectivity index (χ4v) is 4.47. The van der Waals surface area contributed by atoms with Crippen LogP contribution >= 0.6 is 12.2 Å². The second-order valence-electron chi connectivity index (χ2n) is 7.58. The first-order valence-electron chi connectivity index (χ1n) is 9.77. The van der Waals surface area contributed by atoms with E-state index in [4.69, 9.17) is 17.0 Å². The molecule has 0 atom stereocenters. The lowest BCUT2D eigenvalue weighted by molar-refractivity contribution is 0.305. The van der Waals surface area contributed by atoms with E-state index in [0.29, 0.717) is 6.04 Å². The predicted octanol–water partition coefficient (Wildman–Crippen LogP) is 5.76. The van der Waals surface area contributed by atoms with Gasteiger partial charge in [-0.2, -0.15) is 0 Å². The van der Waals surface area contributed by atoms with Gasteiger partial charge in [0.05, 0.1) is 7.11 Å².